The van der Waals surface area contributed by atoms with Gasteiger partial charge in [-0.1, -0.05) is 11.6 Å². The molecule has 0 spiro atoms. The van der Waals surface area contributed by atoms with Crippen LogP contribution < -0.4 is 5.73 Å². The molecule has 0 aromatic heterocycles. The predicted octanol–water partition coefficient (Wildman–Crippen LogP) is 1.97. The summed E-state index contributed by atoms with van der Waals surface area (Å²) in [6.45, 7) is 0.432. The van der Waals surface area contributed by atoms with Crippen LogP contribution in [-0.4, -0.2) is 12.7 Å². The van der Waals surface area contributed by atoms with Crippen LogP contribution in [0.5, 0.6) is 0 Å². The van der Waals surface area contributed by atoms with Crippen LogP contribution in [0, 0.1) is 0 Å². The van der Waals surface area contributed by atoms with Crippen LogP contribution in [0.15, 0.2) is 11.6 Å². The molecule has 0 bridgehead atoms. The Morgan fingerprint density at radius 1 is 1.58 bits per heavy atom. The number of allylic oxidation sites excluding steroid dienone is 1. The summed E-state index contributed by atoms with van der Waals surface area (Å²) in [6.07, 6.45) is 7.30. The molecule has 1 amide bonds. The highest BCUT2D eigenvalue weighted by molar-refractivity contribution is 5.64. The van der Waals surface area contributed by atoms with E-state index in [2.05, 4.69) is 10.8 Å². The molecule has 0 atom stereocenters. The summed E-state index contributed by atoms with van der Waals surface area (Å²) >= 11 is 0. The van der Waals surface area contributed by atoms with E-state index in [0.29, 0.717) is 6.61 Å². The Morgan fingerprint density at radius 3 is 3.00 bits per heavy atom. The summed E-state index contributed by atoms with van der Waals surface area (Å²) in [5, 5.41) is 0. The van der Waals surface area contributed by atoms with Crippen LogP contribution in [-0.2, 0) is 4.74 Å². The summed E-state index contributed by atoms with van der Waals surface area (Å²) in [6, 6.07) is 0. The van der Waals surface area contributed by atoms with E-state index in [0.717, 1.165) is 12.8 Å². The molecule has 1 rings (SSSR count). The number of primary amides is 1. The molecule has 0 heterocycles. The van der Waals surface area contributed by atoms with Crippen LogP contribution in [0.25, 0.3) is 0 Å². The Bertz CT molecular complexity index is 187. The molecule has 12 heavy (non-hydrogen) atoms. The first kappa shape index (κ1) is 9.10. The molecule has 0 radical (unpaired) electrons. The molecule has 0 aliphatic heterocycles. The maximum absolute atomic E-state index is 10.2. The van der Waals surface area contributed by atoms with E-state index in [4.69, 9.17) is 5.73 Å². The highest BCUT2D eigenvalue weighted by atomic mass is 16.5. The fourth-order valence-corrected chi connectivity index (χ4v) is 1.41. The molecule has 68 valence electrons. The van der Waals surface area contributed by atoms with Crippen molar-refractivity contribution in [3.8, 4) is 0 Å². The lowest BCUT2D eigenvalue weighted by Gasteiger charge is -2.11. The van der Waals surface area contributed by atoms with Crippen LogP contribution in [0.4, 0.5) is 4.79 Å². The van der Waals surface area contributed by atoms with Gasteiger partial charge in [-0.2, -0.15) is 0 Å². The van der Waals surface area contributed by atoms with Gasteiger partial charge in [-0.05, 0) is 25.7 Å². The monoisotopic (exact) mass is 169 g/mol. The second-order valence-corrected chi connectivity index (χ2v) is 3.03. The third-order valence-corrected chi connectivity index (χ3v) is 2.05. The molecule has 0 aromatic rings. The number of amides is 1. The summed E-state index contributed by atoms with van der Waals surface area (Å²) in [5.74, 6) is 0. The average molecular weight is 169 g/mol. The van der Waals surface area contributed by atoms with Crippen molar-refractivity contribution in [2.24, 2.45) is 5.73 Å². The molecule has 3 nitrogen and oxygen atoms in total. The van der Waals surface area contributed by atoms with Crippen LogP contribution in [0.3, 0.4) is 0 Å². The van der Waals surface area contributed by atoms with Gasteiger partial charge in [0.05, 0.1) is 6.61 Å². The fourth-order valence-electron chi connectivity index (χ4n) is 1.41. The Morgan fingerprint density at radius 2 is 2.42 bits per heavy atom. The molecule has 3 heteroatoms. The minimum Gasteiger partial charge on any atom is -0.449 e. The number of ether oxygens (including phenoxy) is 1. The van der Waals surface area contributed by atoms with Crippen LogP contribution >= 0.6 is 0 Å². The topological polar surface area (TPSA) is 52.3 Å². The van der Waals surface area contributed by atoms with Gasteiger partial charge < -0.3 is 10.5 Å². The molecular weight excluding hydrogens is 154 g/mol. The lowest BCUT2D eigenvalue weighted by Crippen LogP contribution is -2.14. The second kappa shape index (κ2) is 4.80. The number of hydrogen-bond donors (Lipinski definition) is 1. The SMILES string of the molecule is NC(=O)OCCC1=CCCCC1. The standard InChI is InChI=1S/C9H15NO2/c10-9(11)12-7-6-8-4-2-1-3-5-8/h4H,1-3,5-7H2,(H2,10,11). The zero-order valence-corrected chi connectivity index (χ0v) is 7.21. The van der Waals surface area contributed by atoms with E-state index in [1.54, 1.807) is 0 Å². The van der Waals surface area contributed by atoms with Gasteiger partial charge >= 0.3 is 6.09 Å². The summed E-state index contributed by atoms with van der Waals surface area (Å²) in [5.41, 5.74) is 6.23. The second-order valence-electron chi connectivity index (χ2n) is 3.03. The molecule has 0 aromatic carbocycles. The first-order valence-electron chi connectivity index (χ1n) is 4.39. The molecular formula is C9H15NO2. The van der Waals surface area contributed by atoms with Crippen molar-refractivity contribution in [1.82, 2.24) is 0 Å². The van der Waals surface area contributed by atoms with Crippen molar-refractivity contribution in [1.29, 1.82) is 0 Å². The maximum atomic E-state index is 10.2. The van der Waals surface area contributed by atoms with Crippen molar-refractivity contribution in [3.05, 3.63) is 11.6 Å². The van der Waals surface area contributed by atoms with E-state index in [1.807, 2.05) is 0 Å². The zero-order chi connectivity index (χ0) is 8.81. The van der Waals surface area contributed by atoms with Crippen molar-refractivity contribution in [2.75, 3.05) is 6.61 Å². The number of rotatable bonds is 3. The molecule has 1 aliphatic rings. The molecule has 0 fully saturated rings. The first-order valence-corrected chi connectivity index (χ1v) is 4.39. The number of carbonyl (C=O) groups is 1. The third kappa shape index (κ3) is 3.42. The van der Waals surface area contributed by atoms with E-state index in [1.165, 1.54) is 24.8 Å². The van der Waals surface area contributed by atoms with Gasteiger partial charge in [0.25, 0.3) is 0 Å². The minimum absolute atomic E-state index is 0.432. The summed E-state index contributed by atoms with van der Waals surface area (Å²) in [7, 11) is 0. The van der Waals surface area contributed by atoms with Gasteiger partial charge in [0.1, 0.15) is 0 Å². The molecule has 0 saturated carbocycles. The van der Waals surface area contributed by atoms with Crippen LogP contribution in [0.1, 0.15) is 32.1 Å². The Kier molecular flexibility index (Phi) is 3.64. The van der Waals surface area contributed by atoms with E-state index in [-0.39, 0.29) is 0 Å². The highest BCUT2D eigenvalue weighted by Gasteiger charge is 2.03. The third-order valence-electron chi connectivity index (χ3n) is 2.05. The quantitative estimate of drug-likeness (QED) is 0.657. The lowest BCUT2D eigenvalue weighted by atomic mass is 9.98. The fraction of sp³-hybridized carbons (Fsp3) is 0.667. The number of hydrogen-bond acceptors (Lipinski definition) is 2. The Labute approximate surface area is 72.6 Å². The predicted molar refractivity (Wildman–Crippen MR) is 46.7 cm³/mol. The van der Waals surface area contributed by atoms with E-state index in [9.17, 15) is 4.79 Å². The largest absolute Gasteiger partial charge is 0.449 e. The van der Waals surface area contributed by atoms with Gasteiger partial charge in [0.2, 0.25) is 0 Å². The van der Waals surface area contributed by atoms with Crippen molar-refractivity contribution in [2.45, 2.75) is 32.1 Å². The Hall–Kier alpha value is -0.990. The van der Waals surface area contributed by atoms with Crippen molar-refractivity contribution >= 4 is 6.09 Å². The maximum Gasteiger partial charge on any atom is 0.404 e. The van der Waals surface area contributed by atoms with Gasteiger partial charge in [-0.3, -0.25) is 0 Å². The molecule has 1 aliphatic carbocycles. The average Bonchev–Trinajstić information content (AvgIpc) is 2.05. The number of nitrogens with two attached hydrogens (primary N) is 1. The molecule has 0 saturated heterocycles. The smallest absolute Gasteiger partial charge is 0.404 e. The van der Waals surface area contributed by atoms with Gasteiger partial charge in [-0.25, -0.2) is 4.79 Å². The van der Waals surface area contributed by atoms with Crippen molar-refractivity contribution in [3.63, 3.8) is 0 Å². The first-order chi connectivity index (χ1) is 5.79. The molecule has 0 unspecified atom stereocenters. The summed E-state index contributed by atoms with van der Waals surface area (Å²) < 4.78 is 4.64. The normalized spacial score (nSPS) is 16.8. The van der Waals surface area contributed by atoms with E-state index >= 15 is 0 Å². The van der Waals surface area contributed by atoms with Gasteiger partial charge in [0.15, 0.2) is 0 Å². The highest BCUT2D eigenvalue weighted by Crippen LogP contribution is 2.19. The Balaban J connectivity index is 2.13. The lowest BCUT2D eigenvalue weighted by molar-refractivity contribution is 0.157. The minimum atomic E-state index is -0.675. The zero-order valence-electron chi connectivity index (χ0n) is 7.21. The summed E-state index contributed by atoms with van der Waals surface area (Å²) in [4.78, 5) is 10.2. The van der Waals surface area contributed by atoms with Crippen LogP contribution in [0.2, 0.25) is 0 Å². The van der Waals surface area contributed by atoms with Crippen molar-refractivity contribution < 1.29 is 9.53 Å². The van der Waals surface area contributed by atoms with Gasteiger partial charge in [0, 0.05) is 6.42 Å². The number of carbonyl (C=O) groups excluding carboxylic acids is 1. The van der Waals surface area contributed by atoms with E-state index < -0.39 is 6.09 Å². The molecule has 2 N–H and O–H groups in total. The van der Waals surface area contributed by atoms with Gasteiger partial charge in [-0.15, -0.1) is 0 Å².